The maximum atomic E-state index is 5.65. The molecule has 0 bridgehead atoms. The normalized spacial score (nSPS) is 13.0. The highest BCUT2D eigenvalue weighted by molar-refractivity contribution is 6.28. The molecule has 1 heterocycles. The number of hydrogen-bond donors (Lipinski definition) is 1. The number of aromatic nitrogens is 2. The SMILES string of the molecule is CC(C)[C@@H](C)Nc1ccnc(Cl)n1. The molecule has 3 nitrogen and oxygen atoms in total. The Hall–Kier alpha value is -0.830. The largest absolute Gasteiger partial charge is 0.367 e. The van der Waals surface area contributed by atoms with E-state index in [4.69, 9.17) is 11.6 Å². The zero-order chi connectivity index (χ0) is 9.84. The number of halogens is 1. The van der Waals surface area contributed by atoms with E-state index in [2.05, 4.69) is 36.1 Å². The van der Waals surface area contributed by atoms with Crippen LogP contribution in [0.2, 0.25) is 5.28 Å². The second-order valence-electron chi connectivity index (χ2n) is 3.39. The lowest BCUT2D eigenvalue weighted by Gasteiger charge is -2.17. The molecule has 72 valence electrons. The standard InChI is InChI=1S/C9H14ClN3/c1-6(2)7(3)12-8-4-5-11-9(10)13-8/h4-7H,1-3H3,(H,11,12,13)/t7-/m1/s1. The van der Waals surface area contributed by atoms with Crippen molar-refractivity contribution < 1.29 is 0 Å². The Morgan fingerprint density at radius 2 is 2.08 bits per heavy atom. The second kappa shape index (κ2) is 4.42. The van der Waals surface area contributed by atoms with Crippen LogP contribution in [0.25, 0.3) is 0 Å². The van der Waals surface area contributed by atoms with E-state index in [-0.39, 0.29) is 5.28 Å². The first-order valence-corrected chi connectivity index (χ1v) is 4.72. The van der Waals surface area contributed by atoms with Gasteiger partial charge in [0.25, 0.3) is 0 Å². The van der Waals surface area contributed by atoms with Crippen molar-refractivity contribution in [1.29, 1.82) is 0 Å². The molecule has 0 spiro atoms. The molecule has 1 N–H and O–H groups in total. The Morgan fingerprint density at radius 3 is 2.62 bits per heavy atom. The fraction of sp³-hybridized carbons (Fsp3) is 0.556. The minimum atomic E-state index is 0.279. The molecule has 1 aromatic rings. The fourth-order valence-corrected chi connectivity index (χ4v) is 0.963. The third-order valence-electron chi connectivity index (χ3n) is 2.00. The van der Waals surface area contributed by atoms with Crippen molar-refractivity contribution in [2.45, 2.75) is 26.8 Å². The molecule has 13 heavy (non-hydrogen) atoms. The topological polar surface area (TPSA) is 37.8 Å². The van der Waals surface area contributed by atoms with Gasteiger partial charge >= 0.3 is 0 Å². The van der Waals surface area contributed by atoms with Gasteiger partial charge in [-0.3, -0.25) is 0 Å². The van der Waals surface area contributed by atoms with Crippen LogP contribution in [0.15, 0.2) is 12.3 Å². The van der Waals surface area contributed by atoms with Crippen molar-refractivity contribution in [2.24, 2.45) is 5.92 Å². The number of hydrogen-bond acceptors (Lipinski definition) is 3. The molecule has 0 saturated carbocycles. The van der Waals surface area contributed by atoms with Crippen LogP contribution in [0.5, 0.6) is 0 Å². The summed E-state index contributed by atoms with van der Waals surface area (Å²) in [6.07, 6.45) is 1.64. The van der Waals surface area contributed by atoms with Crippen LogP contribution in [-0.2, 0) is 0 Å². The van der Waals surface area contributed by atoms with Gasteiger partial charge in [0.15, 0.2) is 0 Å². The van der Waals surface area contributed by atoms with Crippen molar-refractivity contribution in [3.8, 4) is 0 Å². The van der Waals surface area contributed by atoms with E-state index in [1.54, 1.807) is 6.20 Å². The first kappa shape index (κ1) is 10.3. The molecular formula is C9H14ClN3. The van der Waals surface area contributed by atoms with E-state index in [1.807, 2.05) is 6.07 Å². The Labute approximate surface area is 83.5 Å². The average molecular weight is 200 g/mol. The van der Waals surface area contributed by atoms with Crippen molar-refractivity contribution in [2.75, 3.05) is 5.32 Å². The molecule has 0 amide bonds. The molecule has 4 heteroatoms. The quantitative estimate of drug-likeness (QED) is 0.761. The van der Waals surface area contributed by atoms with Gasteiger partial charge in [0.1, 0.15) is 5.82 Å². The average Bonchev–Trinajstić information content (AvgIpc) is 2.04. The minimum absolute atomic E-state index is 0.279. The van der Waals surface area contributed by atoms with Crippen LogP contribution >= 0.6 is 11.6 Å². The van der Waals surface area contributed by atoms with Crippen LogP contribution in [-0.4, -0.2) is 16.0 Å². The highest BCUT2D eigenvalue weighted by Crippen LogP contribution is 2.10. The molecule has 1 aromatic heterocycles. The van der Waals surface area contributed by atoms with E-state index in [1.165, 1.54) is 0 Å². The van der Waals surface area contributed by atoms with Crippen LogP contribution in [0.4, 0.5) is 5.82 Å². The number of nitrogens with one attached hydrogen (secondary N) is 1. The summed E-state index contributed by atoms with van der Waals surface area (Å²) in [5.74, 6) is 1.34. The number of anilines is 1. The van der Waals surface area contributed by atoms with Crippen LogP contribution in [0, 0.1) is 5.92 Å². The van der Waals surface area contributed by atoms with Gasteiger partial charge in [-0.15, -0.1) is 0 Å². The summed E-state index contributed by atoms with van der Waals surface area (Å²) >= 11 is 5.65. The Bertz CT molecular complexity index is 275. The summed E-state index contributed by atoms with van der Waals surface area (Å²) in [7, 11) is 0. The third kappa shape index (κ3) is 3.19. The lowest BCUT2D eigenvalue weighted by atomic mass is 10.1. The highest BCUT2D eigenvalue weighted by atomic mass is 35.5. The second-order valence-corrected chi connectivity index (χ2v) is 3.73. The van der Waals surface area contributed by atoms with Crippen LogP contribution < -0.4 is 5.32 Å². The van der Waals surface area contributed by atoms with Gasteiger partial charge in [-0.05, 0) is 30.5 Å². The summed E-state index contributed by atoms with van der Waals surface area (Å²) in [5, 5.41) is 3.53. The third-order valence-corrected chi connectivity index (χ3v) is 2.18. The van der Waals surface area contributed by atoms with Gasteiger partial charge in [-0.1, -0.05) is 13.8 Å². The van der Waals surface area contributed by atoms with E-state index in [9.17, 15) is 0 Å². The fourth-order valence-electron chi connectivity index (χ4n) is 0.815. The highest BCUT2D eigenvalue weighted by Gasteiger charge is 2.07. The summed E-state index contributed by atoms with van der Waals surface area (Å²) in [6.45, 7) is 6.42. The van der Waals surface area contributed by atoms with Crippen molar-refractivity contribution in [1.82, 2.24) is 9.97 Å². The van der Waals surface area contributed by atoms with E-state index >= 15 is 0 Å². The molecule has 0 aromatic carbocycles. The molecule has 0 fully saturated rings. The number of nitrogens with zero attached hydrogens (tertiary/aromatic N) is 2. The first-order chi connectivity index (χ1) is 6.09. The van der Waals surface area contributed by atoms with E-state index < -0.39 is 0 Å². The van der Waals surface area contributed by atoms with E-state index in [0.29, 0.717) is 12.0 Å². The molecular weight excluding hydrogens is 186 g/mol. The summed E-state index contributed by atoms with van der Waals surface area (Å²) in [5.41, 5.74) is 0. The maximum absolute atomic E-state index is 5.65. The van der Waals surface area contributed by atoms with Gasteiger partial charge in [0.2, 0.25) is 5.28 Å². The van der Waals surface area contributed by atoms with Gasteiger partial charge in [0, 0.05) is 12.2 Å². The number of rotatable bonds is 3. The molecule has 0 saturated heterocycles. The summed E-state index contributed by atoms with van der Waals surface area (Å²) in [6, 6.07) is 2.19. The zero-order valence-electron chi connectivity index (χ0n) is 8.08. The molecule has 0 aliphatic carbocycles. The van der Waals surface area contributed by atoms with Crippen molar-refractivity contribution in [3.63, 3.8) is 0 Å². The zero-order valence-corrected chi connectivity index (χ0v) is 8.84. The Morgan fingerprint density at radius 1 is 1.38 bits per heavy atom. The summed E-state index contributed by atoms with van der Waals surface area (Å²) < 4.78 is 0. The van der Waals surface area contributed by atoms with Gasteiger partial charge in [-0.2, -0.15) is 0 Å². The predicted octanol–water partition coefficient (Wildman–Crippen LogP) is 2.59. The van der Waals surface area contributed by atoms with Crippen molar-refractivity contribution >= 4 is 17.4 Å². The van der Waals surface area contributed by atoms with Gasteiger partial charge in [-0.25, -0.2) is 9.97 Å². The molecule has 0 radical (unpaired) electrons. The van der Waals surface area contributed by atoms with E-state index in [0.717, 1.165) is 5.82 Å². The lowest BCUT2D eigenvalue weighted by Crippen LogP contribution is -2.22. The van der Waals surface area contributed by atoms with Crippen molar-refractivity contribution in [3.05, 3.63) is 17.5 Å². The Kier molecular flexibility index (Phi) is 3.48. The molecule has 0 unspecified atom stereocenters. The predicted molar refractivity (Wildman–Crippen MR) is 55.0 cm³/mol. The van der Waals surface area contributed by atoms with Crippen LogP contribution in [0.1, 0.15) is 20.8 Å². The minimum Gasteiger partial charge on any atom is -0.367 e. The Balaban J connectivity index is 2.64. The molecule has 0 aliphatic heterocycles. The maximum Gasteiger partial charge on any atom is 0.224 e. The van der Waals surface area contributed by atoms with Gasteiger partial charge in [0.05, 0.1) is 0 Å². The molecule has 1 rings (SSSR count). The summed E-state index contributed by atoms with van der Waals surface area (Å²) in [4.78, 5) is 7.85. The molecule has 1 atom stereocenters. The molecule has 0 aliphatic rings. The monoisotopic (exact) mass is 199 g/mol. The van der Waals surface area contributed by atoms with Crippen LogP contribution in [0.3, 0.4) is 0 Å². The lowest BCUT2D eigenvalue weighted by molar-refractivity contribution is 0.558. The first-order valence-electron chi connectivity index (χ1n) is 4.34. The smallest absolute Gasteiger partial charge is 0.224 e. The van der Waals surface area contributed by atoms with Gasteiger partial charge < -0.3 is 5.32 Å².